The number of rotatable bonds is 9. The third kappa shape index (κ3) is 5.03. The van der Waals surface area contributed by atoms with Gasteiger partial charge in [0.25, 0.3) is 10.0 Å². The summed E-state index contributed by atoms with van der Waals surface area (Å²) in [6.45, 7) is 8.54. The normalized spacial score (nSPS) is 16.5. The minimum absolute atomic E-state index is 0.212. The summed E-state index contributed by atoms with van der Waals surface area (Å²) in [7, 11) is -2.45. The van der Waals surface area contributed by atoms with Crippen molar-refractivity contribution in [2.75, 3.05) is 19.5 Å². The number of nitrogens with zero attached hydrogens (tertiary/aromatic N) is 5. The first-order valence-electron chi connectivity index (χ1n) is 13.6. The van der Waals surface area contributed by atoms with E-state index in [1.54, 1.807) is 29.2 Å². The van der Waals surface area contributed by atoms with E-state index in [2.05, 4.69) is 20.4 Å². The van der Waals surface area contributed by atoms with Gasteiger partial charge >= 0.3 is 7.12 Å². The lowest BCUT2D eigenvalue weighted by atomic mass is 9.78. The van der Waals surface area contributed by atoms with Crippen LogP contribution in [0.25, 0.3) is 32.9 Å². The standard InChI is InChI=1S/C28H33BN6O6S/c1-27(2)28(3,4)41-29(40-27)20-9-11-24-21(15-20)25(33-35(24)42(6,36)37)38-12-7-13-39-26-22(17-31-34(26)5)18-8-10-23-19(14-18)16-30-32-23/h8-11,14-17H,7,12-13H2,1-6H3,(H,30,32). The molecule has 0 aliphatic carbocycles. The van der Waals surface area contributed by atoms with Crippen LogP contribution in [0, 0.1) is 0 Å². The molecule has 6 rings (SSSR count). The van der Waals surface area contributed by atoms with Gasteiger partial charge < -0.3 is 18.8 Å². The second-order valence-corrected chi connectivity index (χ2v) is 13.3. The molecule has 1 saturated heterocycles. The van der Waals surface area contributed by atoms with Gasteiger partial charge in [-0.1, -0.05) is 12.1 Å². The fraction of sp³-hybridized carbons (Fsp3) is 0.393. The van der Waals surface area contributed by atoms with Crippen LogP contribution in [0.5, 0.6) is 11.8 Å². The molecule has 3 aromatic heterocycles. The van der Waals surface area contributed by atoms with E-state index in [0.717, 1.165) is 37.8 Å². The van der Waals surface area contributed by atoms with Gasteiger partial charge in [-0.05, 0) is 63.0 Å². The van der Waals surface area contributed by atoms with E-state index in [4.69, 9.17) is 18.8 Å². The quantitative estimate of drug-likeness (QED) is 0.202. The fourth-order valence-electron chi connectivity index (χ4n) is 4.87. The number of ether oxygens (including phenoxy) is 2. The number of fused-ring (bicyclic) bond motifs is 2. The molecule has 4 heterocycles. The summed E-state index contributed by atoms with van der Waals surface area (Å²) in [5, 5.41) is 17.2. The molecule has 0 spiro atoms. The number of hydrogen-bond acceptors (Lipinski definition) is 9. The molecular formula is C28H33BN6O6S. The molecule has 0 amide bonds. The van der Waals surface area contributed by atoms with Crippen LogP contribution < -0.4 is 14.9 Å². The lowest BCUT2D eigenvalue weighted by molar-refractivity contribution is 0.00578. The summed E-state index contributed by atoms with van der Waals surface area (Å²) in [5.74, 6) is 0.847. The lowest BCUT2D eigenvalue weighted by Gasteiger charge is -2.32. The van der Waals surface area contributed by atoms with Crippen LogP contribution in [0.15, 0.2) is 48.8 Å². The maximum atomic E-state index is 12.5. The molecule has 220 valence electrons. The Balaban J connectivity index is 1.17. The molecule has 1 fully saturated rings. The van der Waals surface area contributed by atoms with Crippen molar-refractivity contribution in [3.63, 3.8) is 0 Å². The van der Waals surface area contributed by atoms with Crippen LogP contribution in [0.4, 0.5) is 0 Å². The Kier molecular flexibility index (Phi) is 6.82. The molecule has 5 aromatic rings. The van der Waals surface area contributed by atoms with E-state index >= 15 is 0 Å². The van der Waals surface area contributed by atoms with Gasteiger partial charge in [-0.3, -0.25) is 5.10 Å². The number of nitrogens with one attached hydrogen (secondary N) is 1. The summed E-state index contributed by atoms with van der Waals surface area (Å²) >= 11 is 0. The van der Waals surface area contributed by atoms with E-state index in [1.807, 2.05) is 59.0 Å². The summed E-state index contributed by atoms with van der Waals surface area (Å²) in [6.07, 6.45) is 5.18. The third-order valence-corrected chi connectivity index (χ3v) is 8.79. The van der Waals surface area contributed by atoms with Gasteiger partial charge in [0.1, 0.15) is 0 Å². The SMILES string of the molecule is Cn1ncc(-c2ccc3[nH]ncc3c2)c1OCCCOc1nn(S(C)(=O)=O)c2ccc(B3OC(C)(C)C(C)(C)O3)cc12. The van der Waals surface area contributed by atoms with Crippen LogP contribution in [0.2, 0.25) is 0 Å². The van der Waals surface area contributed by atoms with Gasteiger partial charge in [0.2, 0.25) is 11.8 Å². The van der Waals surface area contributed by atoms with Crippen molar-refractivity contribution < 1.29 is 27.2 Å². The van der Waals surface area contributed by atoms with Crippen LogP contribution in [-0.2, 0) is 26.4 Å². The molecule has 0 radical (unpaired) electrons. The van der Waals surface area contributed by atoms with Gasteiger partial charge in [-0.2, -0.15) is 14.3 Å². The van der Waals surface area contributed by atoms with Crippen LogP contribution >= 0.6 is 0 Å². The van der Waals surface area contributed by atoms with E-state index in [1.165, 1.54) is 0 Å². The number of hydrogen-bond donors (Lipinski definition) is 1. The first-order valence-corrected chi connectivity index (χ1v) is 15.5. The van der Waals surface area contributed by atoms with Crippen molar-refractivity contribution in [1.29, 1.82) is 0 Å². The maximum absolute atomic E-state index is 12.5. The summed E-state index contributed by atoms with van der Waals surface area (Å²) in [4.78, 5) is 0. The molecule has 42 heavy (non-hydrogen) atoms. The van der Waals surface area contributed by atoms with Crippen LogP contribution in [0.1, 0.15) is 34.1 Å². The average molecular weight is 592 g/mol. The second kappa shape index (κ2) is 10.1. The summed E-state index contributed by atoms with van der Waals surface area (Å²) in [5.41, 5.74) is 2.94. The highest BCUT2D eigenvalue weighted by Gasteiger charge is 2.51. The van der Waals surface area contributed by atoms with E-state index < -0.39 is 28.3 Å². The zero-order chi connectivity index (χ0) is 29.9. The highest BCUT2D eigenvalue weighted by molar-refractivity contribution is 7.89. The van der Waals surface area contributed by atoms with Crippen LogP contribution in [-0.4, -0.2) is 75.4 Å². The molecule has 0 unspecified atom stereocenters. The first-order chi connectivity index (χ1) is 19.8. The number of H-pyrrole nitrogens is 1. The predicted octanol–water partition coefficient (Wildman–Crippen LogP) is 3.27. The minimum atomic E-state index is -3.67. The Morgan fingerprint density at radius 1 is 1.00 bits per heavy atom. The second-order valence-electron chi connectivity index (χ2n) is 11.5. The summed E-state index contributed by atoms with van der Waals surface area (Å²) in [6, 6.07) is 11.3. The molecule has 0 bridgehead atoms. The Labute approximate surface area is 244 Å². The largest absolute Gasteiger partial charge is 0.494 e. The van der Waals surface area contributed by atoms with Gasteiger partial charge in [0.15, 0.2) is 0 Å². The van der Waals surface area contributed by atoms with Crippen molar-refractivity contribution >= 4 is 44.4 Å². The van der Waals surface area contributed by atoms with Gasteiger partial charge in [0.05, 0.1) is 65.0 Å². The van der Waals surface area contributed by atoms with Crippen molar-refractivity contribution in [3.05, 3.63) is 48.8 Å². The van der Waals surface area contributed by atoms with Gasteiger partial charge in [0, 0.05) is 18.9 Å². The van der Waals surface area contributed by atoms with Crippen LogP contribution in [0.3, 0.4) is 0 Å². The first kappa shape index (κ1) is 28.3. The predicted molar refractivity (Wildman–Crippen MR) is 160 cm³/mol. The third-order valence-electron chi connectivity index (χ3n) is 7.88. The number of aryl methyl sites for hydroxylation is 1. The molecule has 0 atom stereocenters. The highest BCUT2D eigenvalue weighted by atomic mass is 32.2. The Hall–Kier alpha value is -3.88. The molecule has 1 aliphatic rings. The molecule has 0 saturated carbocycles. The zero-order valence-electron chi connectivity index (χ0n) is 24.4. The van der Waals surface area contributed by atoms with Crippen molar-refractivity contribution in [1.82, 2.24) is 29.2 Å². The molecule has 2 aromatic carbocycles. The van der Waals surface area contributed by atoms with E-state index in [9.17, 15) is 8.42 Å². The molecular weight excluding hydrogens is 559 g/mol. The Bertz CT molecular complexity index is 1880. The maximum Gasteiger partial charge on any atom is 0.494 e. The van der Waals surface area contributed by atoms with Crippen molar-refractivity contribution in [2.45, 2.75) is 45.3 Å². The minimum Gasteiger partial charge on any atom is -0.477 e. The topological polar surface area (TPSA) is 135 Å². The van der Waals surface area contributed by atoms with Gasteiger partial charge in [-0.25, -0.2) is 13.1 Å². The Morgan fingerprint density at radius 3 is 2.48 bits per heavy atom. The molecule has 14 heteroatoms. The smallest absolute Gasteiger partial charge is 0.477 e. The fourth-order valence-corrected chi connectivity index (χ4v) is 5.61. The number of aromatic nitrogens is 6. The lowest BCUT2D eigenvalue weighted by Crippen LogP contribution is -2.41. The van der Waals surface area contributed by atoms with Crippen molar-refractivity contribution in [2.24, 2.45) is 7.05 Å². The number of aromatic amines is 1. The van der Waals surface area contributed by atoms with E-state index in [0.29, 0.717) is 29.8 Å². The average Bonchev–Trinajstić information content (AvgIpc) is 3.67. The molecule has 1 N–H and O–H groups in total. The van der Waals surface area contributed by atoms with Crippen molar-refractivity contribution in [3.8, 4) is 22.9 Å². The number of benzene rings is 2. The Morgan fingerprint density at radius 2 is 1.74 bits per heavy atom. The monoisotopic (exact) mass is 592 g/mol. The summed E-state index contributed by atoms with van der Waals surface area (Å²) < 4.78 is 52.1. The highest BCUT2D eigenvalue weighted by Crippen LogP contribution is 2.37. The zero-order valence-corrected chi connectivity index (χ0v) is 25.2. The van der Waals surface area contributed by atoms with Gasteiger partial charge in [-0.15, -0.1) is 5.10 Å². The van der Waals surface area contributed by atoms with E-state index in [-0.39, 0.29) is 12.5 Å². The molecule has 12 nitrogen and oxygen atoms in total. The molecule has 1 aliphatic heterocycles.